The Balaban J connectivity index is 1.66. The molecule has 0 aliphatic rings. The summed E-state index contributed by atoms with van der Waals surface area (Å²) in [5, 5.41) is 1.98. The number of hydrogen-bond donors (Lipinski definition) is 1. The molecule has 0 aliphatic carbocycles. The minimum absolute atomic E-state index is 0.0401. The highest BCUT2D eigenvalue weighted by molar-refractivity contribution is 6.00. The Hall–Kier alpha value is -3.15. The molecule has 0 spiro atoms. The van der Waals surface area contributed by atoms with Crippen molar-refractivity contribution in [2.75, 3.05) is 0 Å². The molecule has 0 fully saturated rings. The third-order valence-electron chi connectivity index (χ3n) is 3.00. The molecule has 0 heterocycles. The lowest BCUT2D eigenvalue weighted by molar-refractivity contribution is -0.147. The molecule has 1 N–H and O–H groups in total. The lowest BCUT2D eigenvalue weighted by Gasteiger charge is -2.07. The van der Waals surface area contributed by atoms with Crippen molar-refractivity contribution in [3.05, 3.63) is 71.8 Å². The van der Waals surface area contributed by atoms with E-state index < -0.39 is 24.4 Å². The number of ether oxygens (including phenoxy) is 2. The highest BCUT2D eigenvalue weighted by atomic mass is 16.6. The molecule has 6 nitrogen and oxygen atoms in total. The predicted octanol–water partition coefficient (Wildman–Crippen LogP) is 2.57. The maximum atomic E-state index is 11.6. The number of imide groups is 1. The summed E-state index contributed by atoms with van der Waals surface area (Å²) >= 11 is 0. The number of nitrogens with one attached hydrogen (secondary N) is 1. The second kappa shape index (κ2) is 9.09. The van der Waals surface area contributed by atoms with Crippen molar-refractivity contribution in [3.63, 3.8) is 0 Å². The van der Waals surface area contributed by atoms with Crippen LogP contribution >= 0.6 is 0 Å². The third kappa shape index (κ3) is 6.31. The van der Waals surface area contributed by atoms with Crippen LogP contribution in [0.5, 0.6) is 0 Å². The molecule has 0 bridgehead atoms. The van der Waals surface area contributed by atoms with Crippen LogP contribution in [-0.2, 0) is 32.3 Å². The van der Waals surface area contributed by atoms with E-state index in [1.165, 1.54) is 0 Å². The molecule has 0 saturated carbocycles. The van der Waals surface area contributed by atoms with E-state index in [0.717, 1.165) is 11.1 Å². The maximum Gasteiger partial charge on any atom is 0.414 e. The zero-order valence-electron chi connectivity index (χ0n) is 12.9. The first-order valence-electron chi connectivity index (χ1n) is 7.33. The zero-order valence-corrected chi connectivity index (χ0v) is 12.9. The van der Waals surface area contributed by atoms with E-state index >= 15 is 0 Å². The van der Waals surface area contributed by atoms with Gasteiger partial charge in [-0.3, -0.25) is 14.9 Å². The number of esters is 1. The first-order valence-corrected chi connectivity index (χ1v) is 7.33. The largest absolute Gasteiger partial charge is 0.460 e. The standard InChI is InChI=1S/C18H17NO5/c20-16(11-17(21)23-12-14-7-3-1-4-8-14)19-18(22)24-13-15-9-5-2-6-10-15/h1-10H,11-13H2,(H,19,20,22). The van der Waals surface area contributed by atoms with Gasteiger partial charge < -0.3 is 9.47 Å². The summed E-state index contributed by atoms with van der Waals surface area (Å²) in [5.41, 5.74) is 1.61. The van der Waals surface area contributed by atoms with Gasteiger partial charge in [0.25, 0.3) is 0 Å². The zero-order chi connectivity index (χ0) is 17.2. The molecular weight excluding hydrogens is 310 g/mol. The minimum Gasteiger partial charge on any atom is -0.460 e. The number of carbonyl (C=O) groups is 3. The van der Waals surface area contributed by atoms with Crippen LogP contribution in [0.4, 0.5) is 4.79 Å². The Labute approximate surface area is 139 Å². The Kier molecular flexibility index (Phi) is 6.52. The average molecular weight is 327 g/mol. The van der Waals surface area contributed by atoms with E-state index in [9.17, 15) is 14.4 Å². The fourth-order valence-electron chi connectivity index (χ4n) is 1.84. The van der Waals surface area contributed by atoms with E-state index in [4.69, 9.17) is 9.47 Å². The van der Waals surface area contributed by atoms with Crippen molar-refractivity contribution in [2.24, 2.45) is 0 Å². The van der Waals surface area contributed by atoms with Gasteiger partial charge in [0, 0.05) is 0 Å². The molecule has 0 radical (unpaired) electrons. The number of alkyl carbamates (subject to hydrolysis) is 1. The maximum absolute atomic E-state index is 11.6. The van der Waals surface area contributed by atoms with Crippen LogP contribution in [0, 0.1) is 0 Å². The van der Waals surface area contributed by atoms with Crippen LogP contribution in [0.25, 0.3) is 0 Å². The normalized spacial score (nSPS) is 9.83. The molecule has 0 saturated heterocycles. The summed E-state index contributed by atoms with van der Waals surface area (Å²) in [4.78, 5) is 34.6. The molecule has 2 aromatic carbocycles. The molecule has 0 aliphatic heterocycles. The molecule has 0 unspecified atom stereocenters. The van der Waals surface area contributed by atoms with Gasteiger partial charge in [-0.1, -0.05) is 60.7 Å². The van der Waals surface area contributed by atoms with Crippen molar-refractivity contribution in [1.29, 1.82) is 0 Å². The first kappa shape index (κ1) is 17.2. The molecule has 124 valence electrons. The van der Waals surface area contributed by atoms with Crippen LogP contribution in [0.3, 0.4) is 0 Å². The second-order valence-electron chi connectivity index (χ2n) is 4.93. The van der Waals surface area contributed by atoms with Crippen LogP contribution in [0.2, 0.25) is 0 Å². The highest BCUT2D eigenvalue weighted by Crippen LogP contribution is 2.02. The topological polar surface area (TPSA) is 81.7 Å². The van der Waals surface area contributed by atoms with Crippen LogP contribution < -0.4 is 5.32 Å². The molecule has 0 atom stereocenters. The first-order chi connectivity index (χ1) is 11.6. The van der Waals surface area contributed by atoms with Gasteiger partial charge in [-0.05, 0) is 11.1 Å². The molecule has 6 heteroatoms. The number of amides is 2. The lowest BCUT2D eigenvalue weighted by Crippen LogP contribution is -2.32. The van der Waals surface area contributed by atoms with E-state index in [2.05, 4.69) is 0 Å². The lowest BCUT2D eigenvalue weighted by atomic mass is 10.2. The van der Waals surface area contributed by atoms with Gasteiger partial charge >= 0.3 is 12.1 Å². The molecule has 0 aromatic heterocycles. The van der Waals surface area contributed by atoms with E-state index in [0.29, 0.717) is 0 Å². The monoisotopic (exact) mass is 327 g/mol. The summed E-state index contributed by atoms with van der Waals surface area (Å²) in [5.74, 6) is -1.49. The van der Waals surface area contributed by atoms with Gasteiger partial charge in [0.05, 0.1) is 0 Å². The van der Waals surface area contributed by atoms with Crippen molar-refractivity contribution in [3.8, 4) is 0 Å². The number of carbonyl (C=O) groups excluding carboxylic acids is 3. The number of benzene rings is 2. The summed E-state index contributed by atoms with van der Waals surface area (Å²) in [6, 6.07) is 18.1. The summed E-state index contributed by atoms with van der Waals surface area (Å²) in [7, 11) is 0. The quantitative estimate of drug-likeness (QED) is 0.651. The van der Waals surface area contributed by atoms with Gasteiger partial charge in [0.15, 0.2) is 0 Å². The summed E-state index contributed by atoms with van der Waals surface area (Å²) < 4.78 is 9.84. The summed E-state index contributed by atoms with van der Waals surface area (Å²) in [6.07, 6.45) is -1.45. The molecule has 24 heavy (non-hydrogen) atoms. The predicted molar refractivity (Wildman–Crippen MR) is 85.6 cm³/mol. The minimum atomic E-state index is -0.903. The molecule has 2 rings (SSSR count). The molecule has 2 amide bonds. The fourth-order valence-corrected chi connectivity index (χ4v) is 1.84. The van der Waals surface area contributed by atoms with Gasteiger partial charge in [-0.2, -0.15) is 0 Å². The van der Waals surface area contributed by atoms with Crippen molar-refractivity contribution in [2.45, 2.75) is 19.6 Å². The Morgan fingerprint density at radius 1 is 0.750 bits per heavy atom. The Bertz CT molecular complexity index is 626. The van der Waals surface area contributed by atoms with Crippen LogP contribution in [-0.4, -0.2) is 18.0 Å². The van der Waals surface area contributed by atoms with Gasteiger partial charge in [-0.15, -0.1) is 0 Å². The van der Waals surface area contributed by atoms with Gasteiger partial charge in [-0.25, -0.2) is 4.79 Å². The van der Waals surface area contributed by atoms with Crippen LogP contribution in [0.1, 0.15) is 17.5 Å². The summed E-state index contributed by atoms with van der Waals surface area (Å²) in [6.45, 7) is 0.115. The average Bonchev–Trinajstić information content (AvgIpc) is 2.60. The van der Waals surface area contributed by atoms with Crippen molar-refractivity contribution in [1.82, 2.24) is 5.32 Å². The van der Waals surface area contributed by atoms with Gasteiger partial charge in [0.1, 0.15) is 19.6 Å². The third-order valence-corrected chi connectivity index (χ3v) is 3.00. The molecular formula is C18H17NO5. The van der Waals surface area contributed by atoms with Gasteiger partial charge in [0.2, 0.25) is 5.91 Å². The van der Waals surface area contributed by atoms with Crippen molar-refractivity contribution < 1.29 is 23.9 Å². The smallest absolute Gasteiger partial charge is 0.414 e. The number of rotatable bonds is 6. The van der Waals surface area contributed by atoms with E-state index in [1.807, 2.05) is 41.7 Å². The van der Waals surface area contributed by atoms with E-state index in [1.54, 1.807) is 24.3 Å². The fraction of sp³-hybridized carbons (Fsp3) is 0.167. The Morgan fingerprint density at radius 2 is 1.25 bits per heavy atom. The van der Waals surface area contributed by atoms with Crippen LogP contribution in [0.15, 0.2) is 60.7 Å². The number of hydrogen-bond acceptors (Lipinski definition) is 5. The Morgan fingerprint density at radius 3 is 1.79 bits per heavy atom. The van der Waals surface area contributed by atoms with Crippen molar-refractivity contribution >= 4 is 18.0 Å². The second-order valence-corrected chi connectivity index (χ2v) is 4.93. The molecule has 2 aromatic rings. The SMILES string of the molecule is O=C(CC(=O)OCc1ccccc1)NC(=O)OCc1ccccc1. The van der Waals surface area contributed by atoms with E-state index in [-0.39, 0.29) is 13.2 Å². The highest BCUT2D eigenvalue weighted by Gasteiger charge is 2.14.